The molecular formula is C24H27N5O3S. The molecule has 172 valence electrons. The number of amides is 2. The fraction of sp³-hybridized carbons (Fsp3) is 0.250. The molecule has 0 saturated heterocycles. The van der Waals surface area contributed by atoms with E-state index in [9.17, 15) is 9.59 Å². The van der Waals surface area contributed by atoms with Crippen molar-refractivity contribution in [2.45, 2.75) is 32.0 Å². The molecular weight excluding hydrogens is 438 g/mol. The molecule has 0 saturated carbocycles. The number of hydrogen-bond donors (Lipinski definition) is 3. The fourth-order valence-electron chi connectivity index (χ4n) is 2.98. The van der Waals surface area contributed by atoms with Gasteiger partial charge in [0.25, 0.3) is 0 Å². The number of nitrogens with one attached hydrogen (secondary N) is 2. The van der Waals surface area contributed by atoms with Crippen molar-refractivity contribution in [1.29, 1.82) is 0 Å². The highest BCUT2D eigenvalue weighted by Crippen LogP contribution is 2.19. The molecule has 9 heteroatoms. The Morgan fingerprint density at radius 2 is 1.64 bits per heavy atom. The van der Waals surface area contributed by atoms with E-state index in [4.69, 9.17) is 10.5 Å². The van der Waals surface area contributed by atoms with Gasteiger partial charge in [-0.3, -0.25) is 9.59 Å². The lowest BCUT2D eigenvalue weighted by molar-refractivity contribution is -0.116. The average molecular weight is 466 g/mol. The number of nitrogens with zero attached hydrogens (tertiary/aromatic N) is 2. The van der Waals surface area contributed by atoms with Gasteiger partial charge in [0.05, 0.1) is 5.75 Å². The first kappa shape index (κ1) is 24.2. The zero-order chi connectivity index (χ0) is 23.6. The molecule has 1 heterocycles. The lowest BCUT2D eigenvalue weighted by atomic mass is 10.2. The Kier molecular flexibility index (Phi) is 8.79. The van der Waals surface area contributed by atoms with E-state index in [1.54, 1.807) is 24.3 Å². The van der Waals surface area contributed by atoms with E-state index in [1.807, 2.05) is 44.2 Å². The normalized spacial score (nSPS) is 10.5. The van der Waals surface area contributed by atoms with E-state index in [-0.39, 0.29) is 24.0 Å². The highest BCUT2D eigenvalue weighted by atomic mass is 32.2. The maximum Gasteiger partial charge on any atom is 0.234 e. The lowest BCUT2D eigenvalue weighted by Gasteiger charge is -2.10. The van der Waals surface area contributed by atoms with Crippen LogP contribution in [0, 0.1) is 13.8 Å². The second-order valence-corrected chi connectivity index (χ2v) is 8.31. The lowest BCUT2D eigenvalue weighted by Crippen LogP contribution is -2.16. The third-order valence-electron chi connectivity index (χ3n) is 4.42. The van der Waals surface area contributed by atoms with Crippen LogP contribution in [0.3, 0.4) is 0 Å². The standard InChI is InChI=1S/C24H27N5O3S/c1-16-12-17(2)27-24(26-16)33-15-23(31)29-20-5-3-4-18(13-20)14-32-21-8-6-19(7-9-21)28-22(30)10-11-25/h3-9,12-13H,10-11,14-15,25H2,1-2H3,(H,28,30)(H,29,31). The monoisotopic (exact) mass is 465 g/mol. The van der Waals surface area contributed by atoms with Crippen molar-refractivity contribution in [3.63, 3.8) is 0 Å². The molecule has 0 fully saturated rings. The van der Waals surface area contributed by atoms with Gasteiger partial charge in [-0.15, -0.1) is 0 Å². The van der Waals surface area contributed by atoms with Crippen LogP contribution >= 0.6 is 11.8 Å². The number of carbonyl (C=O) groups excluding carboxylic acids is 2. The van der Waals surface area contributed by atoms with Gasteiger partial charge in [0.2, 0.25) is 11.8 Å². The molecule has 8 nitrogen and oxygen atoms in total. The summed E-state index contributed by atoms with van der Waals surface area (Å²) in [4.78, 5) is 32.6. The van der Waals surface area contributed by atoms with Crippen LogP contribution in [0.15, 0.2) is 59.8 Å². The maximum absolute atomic E-state index is 12.3. The van der Waals surface area contributed by atoms with Crippen LogP contribution in [0.4, 0.5) is 11.4 Å². The molecule has 0 aliphatic rings. The second kappa shape index (κ2) is 12.0. The number of carbonyl (C=O) groups is 2. The van der Waals surface area contributed by atoms with Crippen molar-refractivity contribution < 1.29 is 14.3 Å². The van der Waals surface area contributed by atoms with Gasteiger partial charge >= 0.3 is 0 Å². The minimum Gasteiger partial charge on any atom is -0.489 e. The van der Waals surface area contributed by atoms with Crippen LogP contribution in [0.1, 0.15) is 23.4 Å². The Labute approximate surface area is 197 Å². The molecule has 0 radical (unpaired) electrons. The number of nitrogens with two attached hydrogens (primary N) is 1. The molecule has 2 amide bonds. The highest BCUT2D eigenvalue weighted by Gasteiger charge is 2.08. The smallest absolute Gasteiger partial charge is 0.234 e. The van der Waals surface area contributed by atoms with Gasteiger partial charge < -0.3 is 21.1 Å². The van der Waals surface area contributed by atoms with E-state index >= 15 is 0 Å². The molecule has 0 bridgehead atoms. The molecule has 4 N–H and O–H groups in total. The Bertz CT molecular complexity index is 1090. The maximum atomic E-state index is 12.3. The first-order chi connectivity index (χ1) is 15.9. The summed E-state index contributed by atoms with van der Waals surface area (Å²) in [5, 5.41) is 6.26. The Morgan fingerprint density at radius 3 is 2.33 bits per heavy atom. The SMILES string of the molecule is Cc1cc(C)nc(SCC(=O)Nc2cccc(COc3ccc(NC(=O)CCN)cc3)c2)n1. The summed E-state index contributed by atoms with van der Waals surface area (Å²) in [6.07, 6.45) is 0.281. The molecule has 1 aromatic heterocycles. The zero-order valence-electron chi connectivity index (χ0n) is 18.6. The number of anilines is 2. The van der Waals surface area contributed by atoms with Gasteiger partial charge in [-0.05, 0) is 61.9 Å². The summed E-state index contributed by atoms with van der Waals surface area (Å²) in [6.45, 7) is 4.46. The average Bonchev–Trinajstić information content (AvgIpc) is 2.77. The van der Waals surface area contributed by atoms with E-state index < -0.39 is 0 Å². The second-order valence-electron chi connectivity index (χ2n) is 7.37. The summed E-state index contributed by atoms with van der Waals surface area (Å²) in [6, 6.07) is 16.5. The van der Waals surface area contributed by atoms with Gasteiger partial charge in [0.15, 0.2) is 5.16 Å². The number of thioether (sulfide) groups is 1. The van der Waals surface area contributed by atoms with E-state index in [2.05, 4.69) is 20.6 Å². The summed E-state index contributed by atoms with van der Waals surface area (Å²) < 4.78 is 5.82. The van der Waals surface area contributed by atoms with Crippen molar-refractivity contribution in [1.82, 2.24) is 9.97 Å². The van der Waals surface area contributed by atoms with Crippen LogP contribution in [-0.2, 0) is 16.2 Å². The highest BCUT2D eigenvalue weighted by molar-refractivity contribution is 7.99. The van der Waals surface area contributed by atoms with Gasteiger partial charge in [0, 0.05) is 35.7 Å². The molecule has 0 aliphatic heterocycles. The summed E-state index contributed by atoms with van der Waals surface area (Å²) >= 11 is 1.30. The summed E-state index contributed by atoms with van der Waals surface area (Å²) in [5.41, 5.74) is 9.44. The third kappa shape index (κ3) is 8.21. The summed E-state index contributed by atoms with van der Waals surface area (Å²) in [7, 11) is 0. The van der Waals surface area contributed by atoms with Gasteiger partial charge in [0.1, 0.15) is 12.4 Å². The number of aromatic nitrogens is 2. The van der Waals surface area contributed by atoms with Crippen LogP contribution in [0.2, 0.25) is 0 Å². The van der Waals surface area contributed by atoms with Gasteiger partial charge in [-0.25, -0.2) is 9.97 Å². The number of rotatable bonds is 10. The number of ether oxygens (including phenoxy) is 1. The Balaban J connectivity index is 1.49. The summed E-state index contributed by atoms with van der Waals surface area (Å²) in [5.74, 6) is 0.641. The molecule has 3 rings (SSSR count). The minimum atomic E-state index is -0.131. The number of hydrogen-bond acceptors (Lipinski definition) is 7. The molecule has 33 heavy (non-hydrogen) atoms. The predicted molar refractivity (Wildman–Crippen MR) is 130 cm³/mol. The van der Waals surface area contributed by atoms with Crippen molar-refractivity contribution in [2.75, 3.05) is 22.9 Å². The third-order valence-corrected chi connectivity index (χ3v) is 5.27. The number of benzene rings is 2. The first-order valence-corrected chi connectivity index (χ1v) is 11.5. The number of aryl methyl sites for hydroxylation is 2. The van der Waals surface area contributed by atoms with Crippen molar-refractivity contribution in [2.24, 2.45) is 5.73 Å². The molecule has 0 aliphatic carbocycles. The molecule has 2 aromatic carbocycles. The van der Waals surface area contributed by atoms with Crippen molar-refractivity contribution in [3.8, 4) is 5.75 Å². The van der Waals surface area contributed by atoms with Crippen LogP contribution in [0.5, 0.6) is 5.75 Å². The van der Waals surface area contributed by atoms with Gasteiger partial charge in [-0.1, -0.05) is 23.9 Å². The van der Waals surface area contributed by atoms with Crippen molar-refractivity contribution in [3.05, 3.63) is 71.5 Å². The van der Waals surface area contributed by atoms with Crippen LogP contribution in [-0.4, -0.2) is 34.1 Å². The largest absolute Gasteiger partial charge is 0.489 e. The predicted octanol–water partition coefficient (Wildman–Crippen LogP) is 3.69. The Hall–Kier alpha value is -3.43. The first-order valence-electron chi connectivity index (χ1n) is 10.5. The van der Waals surface area contributed by atoms with Gasteiger partial charge in [-0.2, -0.15) is 0 Å². The van der Waals surface area contributed by atoms with Crippen LogP contribution in [0.25, 0.3) is 0 Å². The van der Waals surface area contributed by atoms with E-state index in [1.165, 1.54) is 11.8 Å². The topological polar surface area (TPSA) is 119 Å². The quantitative estimate of drug-likeness (QED) is 0.309. The zero-order valence-corrected chi connectivity index (χ0v) is 19.4. The fourth-order valence-corrected chi connectivity index (χ4v) is 3.73. The van der Waals surface area contributed by atoms with E-state index in [0.29, 0.717) is 35.4 Å². The minimum absolute atomic E-state index is 0.120. The molecule has 3 aromatic rings. The Morgan fingerprint density at radius 1 is 0.939 bits per heavy atom. The molecule has 0 spiro atoms. The van der Waals surface area contributed by atoms with Crippen LogP contribution < -0.4 is 21.1 Å². The van der Waals surface area contributed by atoms with Crippen molar-refractivity contribution >= 4 is 35.0 Å². The molecule has 0 atom stereocenters. The molecule has 0 unspecified atom stereocenters. The van der Waals surface area contributed by atoms with E-state index in [0.717, 1.165) is 17.0 Å².